The molecule has 25 heavy (non-hydrogen) atoms. The molecule has 1 aliphatic heterocycles. The number of fused-ring (bicyclic) bond motifs is 3. The largest absolute Gasteiger partial charge is 0.488 e. The van der Waals surface area contributed by atoms with Gasteiger partial charge in [0.05, 0.1) is 10.2 Å². The second-order valence-electron chi connectivity index (χ2n) is 7.10. The summed E-state index contributed by atoms with van der Waals surface area (Å²) < 4.78 is 7.75. The highest BCUT2D eigenvalue weighted by atomic mass is 35.5. The molecular weight excluding hydrogens is 352 g/mol. The predicted octanol–water partition coefficient (Wildman–Crippen LogP) is 5.05. The molecule has 3 heterocycles. The Labute approximate surface area is 156 Å². The van der Waals surface area contributed by atoms with E-state index in [1.165, 1.54) is 11.1 Å². The molecule has 2 aromatic heterocycles. The first-order valence-corrected chi connectivity index (χ1v) is 9.97. The molecule has 5 heteroatoms. The van der Waals surface area contributed by atoms with Gasteiger partial charge in [0.15, 0.2) is 0 Å². The Morgan fingerprint density at radius 1 is 1.24 bits per heavy atom. The van der Waals surface area contributed by atoms with Crippen molar-refractivity contribution in [1.82, 2.24) is 10.3 Å². The van der Waals surface area contributed by atoms with Crippen molar-refractivity contribution in [3.05, 3.63) is 46.4 Å². The van der Waals surface area contributed by atoms with Crippen LogP contribution >= 0.6 is 22.9 Å². The molecular formula is C20H19ClN2OS. The third-order valence-electron chi connectivity index (χ3n) is 5.41. The number of rotatable bonds is 3. The minimum Gasteiger partial charge on any atom is -0.488 e. The van der Waals surface area contributed by atoms with Gasteiger partial charge in [-0.15, -0.1) is 11.3 Å². The molecule has 1 saturated heterocycles. The van der Waals surface area contributed by atoms with Crippen LogP contribution in [0, 0.1) is 12.8 Å². The van der Waals surface area contributed by atoms with Gasteiger partial charge in [-0.1, -0.05) is 11.6 Å². The lowest BCUT2D eigenvalue weighted by Gasteiger charge is -2.26. The number of nitrogens with zero attached hydrogens (tertiary/aromatic N) is 1. The molecule has 0 spiro atoms. The van der Waals surface area contributed by atoms with E-state index >= 15 is 0 Å². The fourth-order valence-corrected chi connectivity index (χ4v) is 5.41. The fraction of sp³-hybridized carbons (Fsp3) is 0.350. The summed E-state index contributed by atoms with van der Waals surface area (Å²) in [7, 11) is 0. The van der Waals surface area contributed by atoms with Gasteiger partial charge >= 0.3 is 0 Å². The van der Waals surface area contributed by atoms with E-state index in [2.05, 4.69) is 34.7 Å². The number of hydrogen-bond donors (Lipinski definition) is 1. The van der Waals surface area contributed by atoms with Gasteiger partial charge in [-0.2, -0.15) is 0 Å². The van der Waals surface area contributed by atoms with Gasteiger partial charge in [0.1, 0.15) is 11.9 Å². The Morgan fingerprint density at radius 3 is 2.96 bits per heavy atom. The second kappa shape index (κ2) is 5.97. The lowest BCUT2D eigenvalue weighted by Crippen LogP contribution is -2.40. The van der Waals surface area contributed by atoms with Crippen LogP contribution < -0.4 is 10.1 Å². The number of pyridine rings is 1. The number of benzene rings is 1. The topological polar surface area (TPSA) is 34.1 Å². The van der Waals surface area contributed by atoms with Crippen molar-refractivity contribution in [2.75, 3.05) is 6.54 Å². The Bertz CT molecular complexity index is 954. The van der Waals surface area contributed by atoms with E-state index in [9.17, 15) is 0 Å². The van der Waals surface area contributed by atoms with Gasteiger partial charge in [-0.3, -0.25) is 4.98 Å². The van der Waals surface area contributed by atoms with E-state index in [0.29, 0.717) is 6.04 Å². The van der Waals surface area contributed by atoms with Crippen LogP contribution in [-0.2, 0) is 0 Å². The van der Waals surface area contributed by atoms with Crippen molar-refractivity contribution in [1.29, 1.82) is 0 Å². The zero-order valence-corrected chi connectivity index (χ0v) is 15.5. The summed E-state index contributed by atoms with van der Waals surface area (Å²) >= 11 is 8.11. The van der Waals surface area contributed by atoms with Gasteiger partial charge in [0, 0.05) is 28.4 Å². The maximum absolute atomic E-state index is 6.57. The minimum absolute atomic E-state index is 0.248. The van der Waals surface area contributed by atoms with Gasteiger partial charge < -0.3 is 10.1 Å². The first kappa shape index (κ1) is 15.6. The highest BCUT2D eigenvalue weighted by Gasteiger charge is 2.41. The maximum Gasteiger partial charge on any atom is 0.130 e. The molecule has 2 bridgehead atoms. The zero-order valence-electron chi connectivity index (χ0n) is 14.0. The first-order chi connectivity index (χ1) is 12.2. The number of piperidine rings is 1. The molecule has 3 unspecified atom stereocenters. The third kappa shape index (κ3) is 2.64. The summed E-state index contributed by atoms with van der Waals surface area (Å²) in [6.45, 7) is 3.22. The molecule has 3 nitrogen and oxygen atoms in total. The summed E-state index contributed by atoms with van der Waals surface area (Å²) in [6, 6.07) is 8.62. The van der Waals surface area contributed by atoms with Crippen LogP contribution in [0.3, 0.4) is 0 Å². The Balaban J connectivity index is 1.62. The van der Waals surface area contributed by atoms with E-state index in [1.54, 1.807) is 11.3 Å². The molecule has 1 N–H and O–H groups in total. The number of hydrogen-bond acceptors (Lipinski definition) is 4. The van der Waals surface area contributed by atoms with Crippen LogP contribution in [-0.4, -0.2) is 23.7 Å². The zero-order chi connectivity index (χ0) is 17.0. The smallest absolute Gasteiger partial charge is 0.130 e. The lowest BCUT2D eigenvalue weighted by molar-refractivity contribution is 0.158. The van der Waals surface area contributed by atoms with E-state index < -0.39 is 0 Å². The average Bonchev–Trinajstić information content (AvgIpc) is 3.32. The molecule has 0 amide bonds. The quantitative estimate of drug-likeness (QED) is 0.700. The predicted molar refractivity (Wildman–Crippen MR) is 104 cm³/mol. The molecule has 128 valence electrons. The maximum atomic E-state index is 6.57. The number of halogens is 1. The number of thiophene rings is 1. The molecule has 0 radical (unpaired) electrons. The van der Waals surface area contributed by atoms with E-state index in [4.69, 9.17) is 16.3 Å². The highest BCUT2D eigenvalue weighted by molar-refractivity contribution is 7.17. The normalized spacial score (nSPS) is 25.0. The average molecular weight is 371 g/mol. The molecule has 3 aromatic rings. The van der Waals surface area contributed by atoms with Crippen molar-refractivity contribution >= 4 is 33.2 Å². The summed E-state index contributed by atoms with van der Waals surface area (Å²) in [6.07, 6.45) is 4.49. The molecule has 1 saturated carbocycles. The minimum atomic E-state index is 0.248. The van der Waals surface area contributed by atoms with Gasteiger partial charge in [0.2, 0.25) is 0 Å². The van der Waals surface area contributed by atoms with Crippen LogP contribution in [0.4, 0.5) is 0 Å². The lowest BCUT2D eigenvalue weighted by atomic mass is 10.0. The summed E-state index contributed by atoms with van der Waals surface area (Å²) in [4.78, 5) is 4.46. The summed E-state index contributed by atoms with van der Waals surface area (Å²) in [5, 5.41) is 6.41. The second-order valence-corrected chi connectivity index (χ2v) is 8.45. The molecule has 5 rings (SSSR count). The number of aryl methyl sites for hydroxylation is 1. The first-order valence-electron chi connectivity index (χ1n) is 8.72. The van der Waals surface area contributed by atoms with Crippen molar-refractivity contribution in [2.24, 2.45) is 5.92 Å². The van der Waals surface area contributed by atoms with Crippen molar-refractivity contribution in [3.8, 4) is 16.9 Å². The number of aromatic nitrogens is 1. The molecule has 2 aliphatic rings. The molecule has 3 atom stereocenters. The standard InChI is InChI=1S/C20H19ClN2OS/c1-11-6-13(21)9-15(14-2-4-22-16-3-5-25-20(14)16)19(11)24-18-8-12-7-17(18)23-10-12/h2-6,9,12,17-18,23H,7-8,10H2,1H3. The number of ether oxygens (including phenoxy) is 1. The number of nitrogens with one attached hydrogen (secondary N) is 1. The van der Waals surface area contributed by atoms with Crippen LogP contribution in [0.5, 0.6) is 5.75 Å². The van der Waals surface area contributed by atoms with Crippen molar-refractivity contribution < 1.29 is 4.74 Å². The SMILES string of the molecule is Cc1cc(Cl)cc(-c2ccnc3ccsc23)c1OC1CC2CNC1C2. The van der Waals surface area contributed by atoms with Crippen LogP contribution in [0.15, 0.2) is 35.8 Å². The fourth-order valence-electron chi connectivity index (χ4n) is 4.25. The van der Waals surface area contributed by atoms with E-state index in [1.807, 2.05) is 18.3 Å². The highest BCUT2D eigenvalue weighted by Crippen LogP contribution is 2.43. The van der Waals surface area contributed by atoms with Crippen molar-refractivity contribution in [2.45, 2.75) is 31.9 Å². The van der Waals surface area contributed by atoms with Crippen LogP contribution in [0.2, 0.25) is 5.02 Å². The van der Waals surface area contributed by atoms with E-state index in [0.717, 1.165) is 51.9 Å². The monoisotopic (exact) mass is 370 g/mol. The Hall–Kier alpha value is -1.62. The Morgan fingerprint density at radius 2 is 2.16 bits per heavy atom. The van der Waals surface area contributed by atoms with E-state index in [-0.39, 0.29) is 6.10 Å². The van der Waals surface area contributed by atoms with Crippen LogP contribution in [0.25, 0.3) is 21.3 Å². The van der Waals surface area contributed by atoms with Crippen LogP contribution in [0.1, 0.15) is 18.4 Å². The van der Waals surface area contributed by atoms with Crippen molar-refractivity contribution in [3.63, 3.8) is 0 Å². The summed E-state index contributed by atoms with van der Waals surface area (Å²) in [5.74, 6) is 1.72. The summed E-state index contributed by atoms with van der Waals surface area (Å²) in [5.41, 5.74) is 4.33. The van der Waals surface area contributed by atoms with Gasteiger partial charge in [-0.05, 0) is 67.4 Å². The third-order valence-corrected chi connectivity index (χ3v) is 6.57. The molecule has 1 aliphatic carbocycles. The van der Waals surface area contributed by atoms with Gasteiger partial charge in [-0.25, -0.2) is 0 Å². The molecule has 1 aromatic carbocycles. The molecule has 2 fully saturated rings. The van der Waals surface area contributed by atoms with Gasteiger partial charge in [0.25, 0.3) is 0 Å². The Kier molecular flexibility index (Phi) is 3.73.